The molecule has 26 heavy (non-hydrogen) atoms. The number of rotatable bonds is 0. The summed E-state index contributed by atoms with van der Waals surface area (Å²) in [7, 11) is 0. The van der Waals surface area contributed by atoms with Gasteiger partial charge >= 0.3 is 0 Å². The molecule has 4 aromatic rings. The summed E-state index contributed by atoms with van der Waals surface area (Å²) < 4.78 is 0. The topological polar surface area (TPSA) is 0 Å². The number of aryl methyl sites for hydroxylation is 2. The van der Waals surface area contributed by atoms with E-state index in [-0.39, 0.29) is 0 Å². The molecule has 8 aliphatic carbocycles. The molecular formula is C26H20. The largest absolute Gasteiger partial charge is 0.0584 e. The highest BCUT2D eigenvalue weighted by molar-refractivity contribution is 5.73. The van der Waals surface area contributed by atoms with Crippen LogP contribution in [0.5, 0.6) is 0 Å². The van der Waals surface area contributed by atoms with Crippen LogP contribution in [0.15, 0.2) is 97.1 Å². The Kier molecular flexibility index (Phi) is 3.68. The van der Waals surface area contributed by atoms with Crippen LogP contribution in [0.3, 0.4) is 0 Å². The van der Waals surface area contributed by atoms with E-state index < -0.39 is 0 Å². The molecule has 12 rings (SSSR count). The highest BCUT2D eigenvalue weighted by Crippen LogP contribution is 2.28. The molecule has 0 aliphatic heterocycles. The summed E-state index contributed by atoms with van der Waals surface area (Å²) in [5.74, 6) is 0. The maximum atomic E-state index is 2.26. The molecule has 124 valence electrons. The first kappa shape index (κ1) is 15.2. The van der Waals surface area contributed by atoms with Gasteiger partial charge in [0.2, 0.25) is 0 Å². The van der Waals surface area contributed by atoms with Gasteiger partial charge in [-0.15, -0.1) is 0 Å². The van der Waals surface area contributed by atoms with Crippen LogP contribution in [-0.4, -0.2) is 0 Å². The summed E-state index contributed by atoms with van der Waals surface area (Å²) in [6, 6.07) is 35.8. The van der Waals surface area contributed by atoms with Gasteiger partial charge in [0, 0.05) is 0 Å². The summed E-state index contributed by atoms with van der Waals surface area (Å²) in [5.41, 5.74) is 10.4. The number of benzene rings is 4. The zero-order valence-corrected chi connectivity index (χ0v) is 14.7. The van der Waals surface area contributed by atoms with Crippen LogP contribution in [-0.2, 0) is 12.8 Å². The predicted molar refractivity (Wildman–Crippen MR) is 110 cm³/mol. The maximum Gasteiger partial charge on any atom is -0.0184 e. The van der Waals surface area contributed by atoms with Crippen LogP contribution in [0, 0.1) is 0 Å². The van der Waals surface area contributed by atoms with Crippen molar-refractivity contribution in [2.45, 2.75) is 12.8 Å². The molecule has 0 nitrogen and oxygen atoms in total. The van der Waals surface area contributed by atoms with Crippen molar-refractivity contribution in [3.05, 3.63) is 108 Å². The van der Waals surface area contributed by atoms with Crippen molar-refractivity contribution in [3.8, 4) is 33.4 Å². The van der Waals surface area contributed by atoms with Gasteiger partial charge in [-0.2, -0.15) is 0 Å². The van der Waals surface area contributed by atoms with Gasteiger partial charge in [-0.3, -0.25) is 0 Å². The SMILES string of the molecule is c1cc2ccc1CCc1ccc(cc1)-c1ccc(cc1)-c1ccc-2cc1. The Balaban J connectivity index is 1.64. The molecule has 0 N–H and O–H groups in total. The molecule has 0 radical (unpaired) electrons. The van der Waals surface area contributed by atoms with Crippen LogP contribution in [0.2, 0.25) is 0 Å². The lowest BCUT2D eigenvalue weighted by Crippen LogP contribution is -1.92. The lowest BCUT2D eigenvalue weighted by Gasteiger charge is -2.10. The lowest BCUT2D eigenvalue weighted by atomic mass is 9.95. The molecule has 0 amide bonds. The van der Waals surface area contributed by atoms with Gasteiger partial charge in [0.15, 0.2) is 0 Å². The average molecular weight is 332 g/mol. The minimum absolute atomic E-state index is 1.08. The number of hydrogen-bond donors (Lipinski definition) is 0. The van der Waals surface area contributed by atoms with Gasteiger partial charge in [0.25, 0.3) is 0 Å². The van der Waals surface area contributed by atoms with Crippen molar-refractivity contribution >= 4 is 0 Å². The van der Waals surface area contributed by atoms with Crippen molar-refractivity contribution in [1.29, 1.82) is 0 Å². The molecule has 8 bridgehead atoms. The normalized spacial score (nSPS) is 12.3. The van der Waals surface area contributed by atoms with E-state index in [4.69, 9.17) is 0 Å². The van der Waals surface area contributed by atoms with Gasteiger partial charge in [-0.05, 0) is 57.3 Å². The number of hydrogen-bond acceptors (Lipinski definition) is 0. The van der Waals surface area contributed by atoms with Crippen molar-refractivity contribution in [3.63, 3.8) is 0 Å². The highest BCUT2D eigenvalue weighted by Gasteiger charge is 2.04. The first-order chi connectivity index (χ1) is 12.8. The molecule has 0 saturated carbocycles. The second-order valence-electron chi connectivity index (χ2n) is 7.05. The van der Waals surface area contributed by atoms with Crippen molar-refractivity contribution in [2.24, 2.45) is 0 Å². The van der Waals surface area contributed by atoms with E-state index in [0.717, 1.165) is 12.8 Å². The lowest BCUT2D eigenvalue weighted by molar-refractivity contribution is 0.961. The molecule has 0 spiro atoms. The van der Waals surface area contributed by atoms with Crippen LogP contribution < -0.4 is 0 Å². The van der Waals surface area contributed by atoms with Crippen molar-refractivity contribution < 1.29 is 0 Å². The standard InChI is InChI=1S/C26H20/c1-2-20-5-9-22(10-6-20)24-13-17-26(18-14-24)25-15-11-23(12-16-25)21-7-3-19(1)4-8-21/h3-18H,1-2H2. The monoisotopic (exact) mass is 332 g/mol. The van der Waals surface area contributed by atoms with Crippen LogP contribution in [0.1, 0.15) is 11.1 Å². The van der Waals surface area contributed by atoms with Crippen LogP contribution >= 0.6 is 0 Å². The molecule has 4 aromatic carbocycles. The third kappa shape index (κ3) is 2.84. The second kappa shape index (κ2) is 6.31. The molecule has 0 saturated heterocycles. The average Bonchev–Trinajstić information content (AvgIpc) is 2.73. The summed E-state index contributed by atoms with van der Waals surface area (Å²) >= 11 is 0. The van der Waals surface area contributed by atoms with E-state index in [1.165, 1.54) is 44.5 Å². The van der Waals surface area contributed by atoms with Gasteiger partial charge in [-0.1, -0.05) is 97.1 Å². The minimum Gasteiger partial charge on any atom is -0.0584 e. The van der Waals surface area contributed by atoms with Gasteiger partial charge in [-0.25, -0.2) is 0 Å². The maximum absolute atomic E-state index is 2.26. The first-order valence-electron chi connectivity index (χ1n) is 9.24. The highest BCUT2D eigenvalue weighted by atomic mass is 14.1. The summed E-state index contributed by atoms with van der Waals surface area (Å²) in [4.78, 5) is 0. The summed E-state index contributed by atoms with van der Waals surface area (Å²) in [5, 5.41) is 0. The van der Waals surface area contributed by atoms with E-state index >= 15 is 0 Å². The Labute approximate surface area is 154 Å². The van der Waals surface area contributed by atoms with E-state index in [2.05, 4.69) is 97.1 Å². The zero-order chi connectivity index (χ0) is 17.3. The second-order valence-corrected chi connectivity index (χ2v) is 7.05. The molecule has 0 heterocycles. The molecule has 0 atom stereocenters. The van der Waals surface area contributed by atoms with Gasteiger partial charge in [0.05, 0.1) is 0 Å². The van der Waals surface area contributed by atoms with E-state index in [1.54, 1.807) is 0 Å². The molecule has 0 unspecified atom stereocenters. The Hall–Kier alpha value is -3.12. The predicted octanol–water partition coefficient (Wildman–Crippen LogP) is 6.79. The Morgan fingerprint density at radius 3 is 0.692 bits per heavy atom. The quantitative estimate of drug-likeness (QED) is 0.333. The first-order valence-corrected chi connectivity index (χ1v) is 9.24. The van der Waals surface area contributed by atoms with E-state index in [1.807, 2.05) is 0 Å². The molecule has 0 fully saturated rings. The fourth-order valence-electron chi connectivity index (χ4n) is 3.73. The third-order valence-electron chi connectivity index (χ3n) is 5.38. The summed E-state index contributed by atoms with van der Waals surface area (Å²) in [6.45, 7) is 0. The Morgan fingerprint density at radius 1 is 0.269 bits per heavy atom. The fourth-order valence-corrected chi connectivity index (χ4v) is 3.73. The zero-order valence-electron chi connectivity index (χ0n) is 14.7. The van der Waals surface area contributed by atoms with Crippen LogP contribution in [0.4, 0.5) is 0 Å². The van der Waals surface area contributed by atoms with Crippen molar-refractivity contribution in [1.82, 2.24) is 0 Å². The molecular weight excluding hydrogens is 312 g/mol. The van der Waals surface area contributed by atoms with E-state index in [0.29, 0.717) is 0 Å². The molecule has 8 aliphatic rings. The molecule has 0 aromatic heterocycles. The third-order valence-corrected chi connectivity index (χ3v) is 5.38. The van der Waals surface area contributed by atoms with Gasteiger partial charge in [0.1, 0.15) is 0 Å². The van der Waals surface area contributed by atoms with Crippen molar-refractivity contribution in [2.75, 3.05) is 0 Å². The molecule has 0 heteroatoms. The smallest absolute Gasteiger partial charge is 0.0184 e. The summed E-state index contributed by atoms with van der Waals surface area (Å²) in [6.07, 6.45) is 2.15. The van der Waals surface area contributed by atoms with Crippen LogP contribution in [0.25, 0.3) is 33.4 Å². The van der Waals surface area contributed by atoms with Gasteiger partial charge < -0.3 is 0 Å². The van der Waals surface area contributed by atoms with E-state index in [9.17, 15) is 0 Å². The minimum atomic E-state index is 1.08. The Morgan fingerprint density at radius 2 is 0.462 bits per heavy atom. The Bertz CT molecular complexity index is 930. The fraction of sp³-hybridized carbons (Fsp3) is 0.0769.